The third kappa shape index (κ3) is 5.70. The van der Waals surface area contributed by atoms with Gasteiger partial charge in [0.2, 0.25) is 5.91 Å². The number of nitriles is 1. The molecule has 0 saturated carbocycles. The van der Waals surface area contributed by atoms with Gasteiger partial charge in [0.1, 0.15) is 11.9 Å². The van der Waals surface area contributed by atoms with Crippen LogP contribution in [0, 0.1) is 11.3 Å². The van der Waals surface area contributed by atoms with Gasteiger partial charge in [-0.25, -0.2) is 4.98 Å². The Bertz CT molecular complexity index is 1260. The van der Waals surface area contributed by atoms with E-state index in [1.807, 2.05) is 67.8 Å². The van der Waals surface area contributed by atoms with E-state index in [-0.39, 0.29) is 5.91 Å². The molecule has 7 nitrogen and oxygen atoms in total. The van der Waals surface area contributed by atoms with Crippen LogP contribution in [0.2, 0.25) is 0 Å². The van der Waals surface area contributed by atoms with Gasteiger partial charge in [-0.05, 0) is 41.8 Å². The summed E-state index contributed by atoms with van der Waals surface area (Å²) in [6, 6.07) is 24.2. The van der Waals surface area contributed by atoms with Crippen LogP contribution in [0.3, 0.4) is 0 Å². The quantitative estimate of drug-likeness (QED) is 0.437. The number of hydrogen-bond acceptors (Lipinski definition) is 5. The van der Waals surface area contributed by atoms with Crippen molar-refractivity contribution in [3.05, 3.63) is 102 Å². The number of hydrogen-bond donors (Lipinski definition) is 2. The zero-order valence-corrected chi connectivity index (χ0v) is 18.3. The highest BCUT2D eigenvalue weighted by molar-refractivity contribution is 5.95. The first-order valence-electron chi connectivity index (χ1n) is 10.7. The standard InChI is InChI=1S/C26H24N6O/c1-32-18-22(17-29-32)23-8-5-9-24(30-23)31-26(33)25(21-6-3-2-4-7-21)28-15-14-19-10-12-20(16-27)13-11-19/h2-13,17-18,25,28H,14-15H2,1H3,(H,30,31,33)/t25-/m1/s1. The molecule has 0 aliphatic heterocycles. The Morgan fingerprint density at radius 1 is 1.06 bits per heavy atom. The lowest BCUT2D eigenvalue weighted by atomic mass is 10.1. The highest BCUT2D eigenvalue weighted by Gasteiger charge is 2.20. The Morgan fingerprint density at radius 2 is 1.85 bits per heavy atom. The van der Waals surface area contributed by atoms with E-state index in [0.717, 1.165) is 28.8 Å². The summed E-state index contributed by atoms with van der Waals surface area (Å²) in [5.41, 5.74) is 4.23. The van der Waals surface area contributed by atoms with E-state index in [4.69, 9.17) is 5.26 Å². The van der Waals surface area contributed by atoms with Crippen molar-refractivity contribution in [2.75, 3.05) is 11.9 Å². The Balaban J connectivity index is 1.46. The molecule has 0 spiro atoms. The van der Waals surface area contributed by atoms with Crippen LogP contribution in [-0.2, 0) is 18.3 Å². The van der Waals surface area contributed by atoms with Crippen molar-refractivity contribution < 1.29 is 4.79 Å². The van der Waals surface area contributed by atoms with E-state index < -0.39 is 6.04 Å². The smallest absolute Gasteiger partial charge is 0.247 e. The van der Waals surface area contributed by atoms with Crippen LogP contribution in [-0.4, -0.2) is 27.2 Å². The van der Waals surface area contributed by atoms with Crippen molar-refractivity contribution in [2.24, 2.45) is 7.05 Å². The molecule has 4 rings (SSSR count). The molecule has 0 bridgehead atoms. The molecule has 2 heterocycles. The molecule has 2 aromatic carbocycles. The second-order valence-corrected chi connectivity index (χ2v) is 7.66. The zero-order chi connectivity index (χ0) is 23.0. The van der Waals surface area contributed by atoms with Crippen LogP contribution >= 0.6 is 0 Å². The van der Waals surface area contributed by atoms with Crippen LogP contribution < -0.4 is 10.6 Å². The van der Waals surface area contributed by atoms with Crippen molar-refractivity contribution in [3.63, 3.8) is 0 Å². The van der Waals surface area contributed by atoms with E-state index in [1.165, 1.54) is 0 Å². The minimum atomic E-state index is -0.534. The Hall–Kier alpha value is -4.28. The summed E-state index contributed by atoms with van der Waals surface area (Å²) < 4.78 is 1.71. The number of carbonyl (C=O) groups excluding carboxylic acids is 1. The number of aromatic nitrogens is 3. The van der Waals surface area contributed by atoms with Gasteiger partial charge in [-0.1, -0.05) is 48.5 Å². The molecule has 1 amide bonds. The molecule has 0 saturated heterocycles. The molecule has 1 atom stereocenters. The van der Waals surface area contributed by atoms with E-state index in [9.17, 15) is 4.79 Å². The van der Waals surface area contributed by atoms with Crippen molar-refractivity contribution in [1.29, 1.82) is 5.26 Å². The topological polar surface area (TPSA) is 95.6 Å². The molecule has 0 aliphatic rings. The first-order chi connectivity index (χ1) is 16.1. The minimum Gasteiger partial charge on any atom is -0.309 e. The maximum Gasteiger partial charge on any atom is 0.247 e. The van der Waals surface area contributed by atoms with Crippen LogP contribution in [0.1, 0.15) is 22.7 Å². The van der Waals surface area contributed by atoms with Crippen molar-refractivity contribution in [3.8, 4) is 17.3 Å². The number of nitrogens with zero attached hydrogens (tertiary/aromatic N) is 4. The molecule has 0 radical (unpaired) electrons. The van der Waals surface area contributed by atoms with E-state index >= 15 is 0 Å². The number of aryl methyl sites for hydroxylation is 1. The molecule has 2 aromatic heterocycles. The number of pyridine rings is 1. The first-order valence-corrected chi connectivity index (χ1v) is 10.7. The normalized spacial score (nSPS) is 11.5. The van der Waals surface area contributed by atoms with Crippen molar-refractivity contribution in [2.45, 2.75) is 12.5 Å². The summed E-state index contributed by atoms with van der Waals surface area (Å²) in [7, 11) is 1.85. The molecule has 4 aromatic rings. The summed E-state index contributed by atoms with van der Waals surface area (Å²) in [6.07, 6.45) is 4.36. The second-order valence-electron chi connectivity index (χ2n) is 7.66. The summed E-state index contributed by atoms with van der Waals surface area (Å²) in [6.45, 7) is 0.599. The number of anilines is 1. The summed E-state index contributed by atoms with van der Waals surface area (Å²) in [5.74, 6) is 0.299. The molecule has 0 fully saturated rings. The maximum atomic E-state index is 13.2. The molecule has 7 heteroatoms. The lowest BCUT2D eigenvalue weighted by Crippen LogP contribution is -2.34. The van der Waals surface area contributed by atoms with Gasteiger partial charge in [0.05, 0.1) is 23.5 Å². The average Bonchev–Trinajstić information content (AvgIpc) is 3.29. The second kappa shape index (κ2) is 10.4. The maximum absolute atomic E-state index is 13.2. The predicted octanol–water partition coefficient (Wildman–Crippen LogP) is 3.87. The van der Waals surface area contributed by atoms with Gasteiger partial charge >= 0.3 is 0 Å². The zero-order valence-electron chi connectivity index (χ0n) is 18.3. The number of rotatable bonds is 8. The Morgan fingerprint density at radius 3 is 2.55 bits per heavy atom. The summed E-state index contributed by atoms with van der Waals surface area (Å²) in [5, 5.41) is 19.4. The lowest BCUT2D eigenvalue weighted by Gasteiger charge is -2.19. The van der Waals surface area contributed by atoms with Crippen molar-refractivity contribution >= 4 is 11.7 Å². The summed E-state index contributed by atoms with van der Waals surface area (Å²) >= 11 is 0. The first kappa shape index (κ1) is 21.9. The summed E-state index contributed by atoms with van der Waals surface area (Å²) in [4.78, 5) is 17.8. The lowest BCUT2D eigenvalue weighted by molar-refractivity contribution is -0.118. The van der Waals surface area contributed by atoms with Gasteiger partial charge in [0.25, 0.3) is 0 Å². The van der Waals surface area contributed by atoms with Gasteiger partial charge in [-0.3, -0.25) is 9.48 Å². The van der Waals surface area contributed by atoms with Crippen molar-refractivity contribution in [1.82, 2.24) is 20.1 Å². The fourth-order valence-corrected chi connectivity index (χ4v) is 3.53. The van der Waals surface area contributed by atoms with Gasteiger partial charge in [0.15, 0.2) is 0 Å². The third-order valence-electron chi connectivity index (χ3n) is 5.24. The molecule has 164 valence electrons. The fraction of sp³-hybridized carbons (Fsp3) is 0.154. The predicted molar refractivity (Wildman–Crippen MR) is 127 cm³/mol. The monoisotopic (exact) mass is 436 g/mol. The van der Waals surface area contributed by atoms with Crippen LogP contribution in [0.15, 0.2) is 85.2 Å². The molecule has 33 heavy (non-hydrogen) atoms. The van der Waals surface area contributed by atoms with Gasteiger partial charge in [-0.2, -0.15) is 10.4 Å². The van der Waals surface area contributed by atoms with Crippen LogP contribution in [0.25, 0.3) is 11.3 Å². The Kier molecular flexibility index (Phi) is 6.88. The Labute approximate surface area is 192 Å². The fourth-order valence-electron chi connectivity index (χ4n) is 3.53. The molecule has 0 aliphatic carbocycles. The molecule has 2 N–H and O–H groups in total. The highest BCUT2D eigenvalue weighted by atomic mass is 16.2. The molecular formula is C26H24N6O. The number of amides is 1. The number of benzene rings is 2. The van der Waals surface area contributed by atoms with Gasteiger partial charge in [-0.15, -0.1) is 0 Å². The van der Waals surface area contributed by atoms with Gasteiger partial charge in [0, 0.05) is 25.4 Å². The minimum absolute atomic E-state index is 0.183. The van der Waals surface area contributed by atoms with Gasteiger partial charge < -0.3 is 10.6 Å². The average molecular weight is 437 g/mol. The van der Waals surface area contributed by atoms with Crippen LogP contribution in [0.4, 0.5) is 5.82 Å². The van der Waals surface area contributed by atoms with E-state index in [0.29, 0.717) is 17.9 Å². The van der Waals surface area contributed by atoms with E-state index in [2.05, 4.69) is 26.8 Å². The SMILES string of the molecule is Cn1cc(-c2cccc(NC(=O)[C@H](NCCc3ccc(C#N)cc3)c3ccccc3)n2)cn1. The largest absolute Gasteiger partial charge is 0.309 e. The number of carbonyl (C=O) groups is 1. The molecule has 0 unspecified atom stereocenters. The van der Waals surface area contributed by atoms with E-state index in [1.54, 1.807) is 29.1 Å². The third-order valence-corrected chi connectivity index (χ3v) is 5.24. The molecular weight excluding hydrogens is 412 g/mol. The number of nitrogens with one attached hydrogen (secondary N) is 2. The van der Waals surface area contributed by atoms with Crippen LogP contribution in [0.5, 0.6) is 0 Å². The highest BCUT2D eigenvalue weighted by Crippen LogP contribution is 2.20.